The van der Waals surface area contributed by atoms with Crippen LogP contribution in [0.15, 0.2) is 42.5 Å². The molecule has 0 saturated heterocycles. The topological polar surface area (TPSA) is 42.4 Å². The van der Waals surface area contributed by atoms with Gasteiger partial charge in [-0.1, -0.05) is 48.9 Å². The number of rotatable bonds is 6. The van der Waals surface area contributed by atoms with E-state index >= 15 is 0 Å². The van der Waals surface area contributed by atoms with E-state index in [0.717, 1.165) is 15.8 Å². The molecule has 0 fully saturated rings. The summed E-state index contributed by atoms with van der Waals surface area (Å²) in [4.78, 5) is 19.2. The maximum atomic E-state index is 12.8. The maximum Gasteiger partial charge on any atom is 0.266 e. The van der Waals surface area contributed by atoms with E-state index in [1.54, 1.807) is 17.0 Å². The number of benzene rings is 2. The lowest BCUT2D eigenvalue weighted by molar-refractivity contribution is -0.120. The van der Waals surface area contributed by atoms with E-state index in [2.05, 4.69) is 18.8 Å². The number of para-hydroxylation sites is 1. The van der Waals surface area contributed by atoms with E-state index in [-0.39, 0.29) is 12.5 Å². The third kappa shape index (κ3) is 4.34. The van der Waals surface area contributed by atoms with Gasteiger partial charge in [-0.05, 0) is 48.7 Å². The summed E-state index contributed by atoms with van der Waals surface area (Å²) in [7, 11) is 0. The van der Waals surface area contributed by atoms with E-state index in [9.17, 15) is 4.79 Å². The van der Waals surface area contributed by atoms with Gasteiger partial charge in [0.1, 0.15) is 5.75 Å². The minimum atomic E-state index is -0.105. The van der Waals surface area contributed by atoms with Crippen LogP contribution in [-0.2, 0) is 4.79 Å². The SMILES string of the molecule is Cc1cc(Cl)ccc1OCC(=O)N(CC(C)C)c1nc2ccccc2s1. The number of ether oxygens (including phenoxy) is 1. The monoisotopic (exact) mass is 388 g/mol. The van der Waals surface area contributed by atoms with Gasteiger partial charge in [0.15, 0.2) is 11.7 Å². The summed E-state index contributed by atoms with van der Waals surface area (Å²) in [6.45, 7) is 6.63. The highest BCUT2D eigenvalue weighted by Crippen LogP contribution is 2.29. The van der Waals surface area contributed by atoms with Crippen molar-refractivity contribution in [3.8, 4) is 5.75 Å². The molecule has 1 heterocycles. The predicted molar refractivity (Wildman–Crippen MR) is 108 cm³/mol. The van der Waals surface area contributed by atoms with Gasteiger partial charge in [0, 0.05) is 11.6 Å². The van der Waals surface area contributed by atoms with E-state index in [1.807, 2.05) is 37.3 Å². The van der Waals surface area contributed by atoms with Crippen molar-refractivity contribution in [2.45, 2.75) is 20.8 Å². The zero-order valence-electron chi connectivity index (χ0n) is 15.0. The summed E-state index contributed by atoms with van der Waals surface area (Å²) in [5, 5.41) is 1.36. The second kappa shape index (κ2) is 8.06. The first-order chi connectivity index (χ1) is 12.4. The van der Waals surface area contributed by atoms with Gasteiger partial charge in [-0.15, -0.1) is 0 Å². The Labute approximate surface area is 162 Å². The van der Waals surface area contributed by atoms with Gasteiger partial charge < -0.3 is 4.74 Å². The van der Waals surface area contributed by atoms with Crippen molar-refractivity contribution in [1.82, 2.24) is 4.98 Å². The zero-order chi connectivity index (χ0) is 18.7. The van der Waals surface area contributed by atoms with Crippen LogP contribution in [0.25, 0.3) is 10.2 Å². The molecule has 2 aromatic carbocycles. The molecule has 0 saturated carbocycles. The maximum absolute atomic E-state index is 12.8. The smallest absolute Gasteiger partial charge is 0.266 e. The third-order valence-electron chi connectivity index (χ3n) is 3.85. The number of amides is 1. The minimum Gasteiger partial charge on any atom is -0.483 e. The Morgan fingerprint density at radius 3 is 2.73 bits per heavy atom. The molecule has 0 N–H and O–H groups in total. The zero-order valence-corrected chi connectivity index (χ0v) is 16.6. The van der Waals surface area contributed by atoms with E-state index in [1.165, 1.54) is 11.3 Å². The highest BCUT2D eigenvalue weighted by molar-refractivity contribution is 7.22. The molecular formula is C20H21ClN2O2S. The molecule has 1 amide bonds. The van der Waals surface area contributed by atoms with Gasteiger partial charge in [-0.2, -0.15) is 0 Å². The predicted octanol–water partition coefficient (Wildman–Crippen LogP) is 5.33. The average Bonchev–Trinajstić information content (AvgIpc) is 3.02. The standard InChI is InChI=1S/C20H21ClN2O2S/c1-13(2)11-23(20-22-16-6-4-5-7-18(16)26-20)19(24)12-25-17-9-8-15(21)10-14(17)3/h4-10,13H,11-12H2,1-3H3. The van der Waals surface area contributed by atoms with E-state index < -0.39 is 0 Å². The molecule has 136 valence electrons. The fraction of sp³-hybridized carbons (Fsp3) is 0.300. The normalized spacial score (nSPS) is 11.1. The van der Waals surface area contributed by atoms with Gasteiger partial charge in [-0.3, -0.25) is 9.69 Å². The summed E-state index contributed by atoms with van der Waals surface area (Å²) < 4.78 is 6.81. The second-order valence-electron chi connectivity index (χ2n) is 6.56. The Balaban J connectivity index is 1.79. The number of aromatic nitrogens is 1. The molecule has 26 heavy (non-hydrogen) atoms. The first-order valence-corrected chi connectivity index (χ1v) is 9.68. The van der Waals surface area contributed by atoms with Gasteiger partial charge in [0.25, 0.3) is 5.91 Å². The number of carbonyl (C=O) groups excluding carboxylic acids is 1. The van der Waals surface area contributed by atoms with Crippen LogP contribution in [0.2, 0.25) is 5.02 Å². The van der Waals surface area contributed by atoms with Crippen LogP contribution in [0.4, 0.5) is 5.13 Å². The van der Waals surface area contributed by atoms with E-state index in [0.29, 0.717) is 28.4 Å². The summed E-state index contributed by atoms with van der Waals surface area (Å²) in [6, 6.07) is 13.3. The largest absolute Gasteiger partial charge is 0.483 e. The molecule has 3 rings (SSSR count). The van der Waals surface area contributed by atoms with Crippen molar-refractivity contribution in [3.63, 3.8) is 0 Å². The first-order valence-electron chi connectivity index (χ1n) is 8.49. The van der Waals surface area contributed by atoms with Gasteiger partial charge >= 0.3 is 0 Å². The molecule has 0 unspecified atom stereocenters. The fourth-order valence-corrected chi connectivity index (χ4v) is 3.84. The molecule has 3 aromatic rings. The average molecular weight is 389 g/mol. The molecule has 1 aromatic heterocycles. The lowest BCUT2D eigenvalue weighted by atomic mass is 10.2. The van der Waals surface area contributed by atoms with Gasteiger partial charge in [0.2, 0.25) is 0 Å². The van der Waals surface area contributed by atoms with Crippen LogP contribution in [0, 0.1) is 12.8 Å². The lowest BCUT2D eigenvalue weighted by Crippen LogP contribution is -2.37. The molecular weight excluding hydrogens is 368 g/mol. The van der Waals surface area contributed by atoms with Crippen molar-refractivity contribution >= 4 is 44.2 Å². The molecule has 0 aliphatic heterocycles. The summed E-state index contributed by atoms with van der Waals surface area (Å²) in [5.41, 5.74) is 1.81. The number of hydrogen-bond acceptors (Lipinski definition) is 4. The highest BCUT2D eigenvalue weighted by atomic mass is 35.5. The Morgan fingerprint density at radius 1 is 1.27 bits per heavy atom. The Kier molecular flexibility index (Phi) is 5.79. The highest BCUT2D eigenvalue weighted by Gasteiger charge is 2.21. The molecule has 0 radical (unpaired) electrons. The first kappa shape index (κ1) is 18.7. The number of fused-ring (bicyclic) bond motifs is 1. The molecule has 0 atom stereocenters. The van der Waals surface area contributed by atoms with E-state index in [4.69, 9.17) is 16.3 Å². The number of nitrogens with zero attached hydrogens (tertiary/aromatic N) is 2. The second-order valence-corrected chi connectivity index (χ2v) is 8.01. The van der Waals surface area contributed by atoms with Crippen molar-refractivity contribution in [3.05, 3.63) is 53.1 Å². The lowest BCUT2D eigenvalue weighted by Gasteiger charge is -2.22. The van der Waals surface area contributed by atoms with Crippen molar-refractivity contribution in [1.29, 1.82) is 0 Å². The van der Waals surface area contributed by atoms with Crippen LogP contribution in [0.1, 0.15) is 19.4 Å². The quantitative estimate of drug-likeness (QED) is 0.573. The Hall–Kier alpha value is -2.11. The number of anilines is 1. The van der Waals surface area contributed by atoms with Crippen LogP contribution in [-0.4, -0.2) is 24.0 Å². The molecule has 0 aliphatic rings. The number of carbonyl (C=O) groups is 1. The number of aryl methyl sites for hydroxylation is 1. The Morgan fingerprint density at radius 2 is 2.04 bits per heavy atom. The minimum absolute atomic E-state index is 0.0366. The van der Waals surface area contributed by atoms with Gasteiger partial charge in [-0.25, -0.2) is 4.98 Å². The Bertz CT molecular complexity index is 890. The fourth-order valence-electron chi connectivity index (χ4n) is 2.62. The van der Waals surface area contributed by atoms with Crippen LogP contribution in [0.5, 0.6) is 5.75 Å². The number of halogens is 1. The van der Waals surface area contributed by atoms with Gasteiger partial charge in [0.05, 0.1) is 10.2 Å². The van der Waals surface area contributed by atoms with Crippen LogP contribution >= 0.6 is 22.9 Å². The van der Waals surface area contributed by atoms with Crippen molar-refractivity contribution in [2.75, 3.05) is 18.1 Å². The van der Waals surface area contributed by atoms with Crippen molar-refractivity contribution in [2.24, 2.45) is 5.92 Å². The third-order valence-corrected chi connectivity index (χ3v) is 5.14. The molecule has 0 aliphatic carbocycles. The molecule has 0 spiro atoms. The van der Waals surface area contributed by atoms with Crippen LogP contribution < -0.4 is 9.64 Å². The molecule has 4 nitrogen and oxygen atoms in total. The summed E-state index contributed by atoms with van der Waals surface area (Å²) in [5.74, 6) is 0.881. The summed E-state index contributed by atoms with van der Waals surface area (Å²) in [6.07, 6.45) is 0. The van der Waals surface area contributed by atoms with Crippen molar-refractivity contribution < 1.29 is 9.53 Å². The number of thiazole rings is 1. The molecule has 6 heteroatoms. The number of hydrogen-bond donors (Lipinski definition) is 0. The summed E-state index contributed by atoms with van der Waals surface area (Å²) >= 11 is 7.49. The van der Waals surface area contributed by atoms with Crippen LogP contribution in [0.3, 0.4) is 0 Å². The molecule has 0 bridgehead atoms.